The first kappa shape index (κ1) is 29.3. The molecule has 0 saturated carbocycles. The molecular weight excluding hydrogens is 518 g/mol. The highest BCUT2D eigenvalue weighted by atomic mass is 16.5. The standard InChI is InChI=1S/C32H45N5O4/c1-32(2)22-37(17-18-41-32)27-11-3-7-24(19-27)28(20-29(38)39)35-31(40)25-9-5-15-36(21-25)16-6-10-26-13-12-23-8-4-14-33-30(23)34-26/h3,7,11-13,19,25,28H,4-6,8-10,14-18,20-22H2,1-2H3,(H,33,34)(H,35,40)(H,38,39)/t25-,28?/m1/s1. The van der Waals surface area contributed by atoms with Gasteiger partial charge in [0.15, 0.2) is 0 Å². The van der Waals surface area contributed by atoms with Gasteiger partial charge in [0.25, 0.3) is 0 Å². The van der Waals surface area contributed by atoms with E-state index in [2.05, 4.69) is 46.4 Å². The van der Waals surface area contributed by atoms with Gasteiger partial charge >= 0.3 is 5.97 Å². The fraction of sp³-hybridized carbons (Fsp3) is 0.594. The maximum absolute atomic E-state index is 13.4. The second kappa shape index (κ2) is 13.2. The first-order chi connectivity index (χ1) is 19.8. The summed E-state index contributed by atoms with van der Waals surface area (Å²) < 4.78 is 5.86. The van der Waals surface area contributed by atoms with Gasteiger partial charge in [0.1, 0.15) is 5.82 Å². The second-order valence-corrected chi connectivity index (χ2v) is 12.4. The predicted molar refractivity (Wildman–Crippen MR) is 160 cm³/mol. The molecule has 4 heterocycles. The summed E-state index contributed by atoms with van der Waals surface area (Å²) in [6.45, 7) is 9.93. The molecule has 2 fully saturated rings. The van der Waals surface area contributed by atoms with Gasteiger partial charge in [-0.1, -0.05) is 18.2 Å². The summed E-state index contributed by atoms with van der Waals surface area (Å²) >= 11 is 0. The van der Waals surface area contributed by atoms with Crippen LogP contribution in [0, 0.1) is 5.92 Å². The highest BCUT2D eigenvalue weighted by Crippen LogP contribution is 2.28. The normalized spacial score (nSPS) is 21.4. The molecule has 9 nitrogen and oxygen atoms in total. The molecule has 3 aliphatic heterocycles. The molecule has 1 amide bonds. The highest BCUT2D eigenvalue weighted by Gasteiger charge is 2.30. The Bertz CT molecular complexity index is 1220. The molecule has 2 saturated heterocycles. The number of amides is 1. The van der Waals surface area contributed by atoms with E-state index in [1.807, 2.05) is 24.3 Å². The molecule has 2 aromatic rings. The van der Waals surface area contributed by atoms with Gasteiger partial charge in [-0.25, -0.2) is 4.98 Å². The zero-order valence-corrected chi connectivity index (χ0v) is 24.5. The zero-order valence-electron chi connectivity index (χ0n) is 24.5. The SMILES string of the molecule is CC1(C)CN(c2cccc(C(CC(=O)O)NC(=O)[C@@H]3CCCN(CCCc4ccc5c(n4)NCCC5)C3)c2)CCO1. The van der Waals surface area contributed by atoms with Crippen LogP contribution >= 0.6 is 0 Å². The van der Waals surface area contributed by atoms with Crippen LogP contribution in [0.2, 0.25) is 0 Å². The number of nitrogens with one attached hydrogen (secondary N) is 2. The third kappa shape index (κ3) is 7.98. The van der Waals surface area contributed by atoms with Crippen molar-refractivity contribution in [3.8, 4) is 0 Å². The lowest BCUT2D eigenvalue weighted by Gasteiger charge is -2.39. The maximum atomic E-state index is 13.4. The zero-order chi connectivity index (χ0) is 28.8. The Morgan fingerprint density at radius 3 is 2.93 bits per heavy atom. The van der Waals surface area contributed by atoms with Gasteiger partial charge in [-0.2, -0.15) is 0 Å². The third-order valence-corrected chi connectivity index (χ3v) is 8.49. The van der Waals surface area contributed by atoms with Crippen molar-refractivity contribution < 1.29 is 19.4 Å². The molecule has 1 aromatic heterocycles. The van der Waals surface area contributed by atoms with Gasteiger partial charge in [-0.05, 0) is 94.8 Å². The number of aliphatic carboxylic acids is 1. The number of benzene rings is 1. The molecule has 0 spiro atoms. The van der Waals surface area contributed by atoms with E-state index >= 15 is 0 Å². The smallest absolute Gasteiger partial charge is 0.305 e. The van der Waals surface area contributed by atoms with Crippen LogP contribution in [0.3, 0.4) is 0 Å². The molecule has 1 unspecified atom stereocenters. The summed E-state index contributed by atoms with van der Waals surface area (Å²) in [5, 5.41) is 16.2. The van der Waals surface area contributed by atoms with Gasteiger partial charge in [0, 0.05) is 37.6 Å². The van der Waals surface area contributed by atoms with Crippen LogP contribution in [0.5, 0.6) is 0 Å². The van der Waals surface area contributed by atoms with E-state index < -0.39 is 12.0 Å². The van der Waals surface area contributed by atoms with E-state index in [0.29, 0.717) is 13.2 Å². The largest absolute Gasteiger partial charge is 0.481 e. The number of carbonyl (C=O) groups excluding carboxylic acids is 1. The first-order valence-corrected chi connectivity index (χ1v) is 15.2. The minimum atomic E-state index is -0.926. The van der Waals surface area contributed by atoms with Crippen LogP contribution in [0.1, 0.15) is 68.8 Å². The van der Waals surface area contributed by atoms with E-state index in [1.54, 1.807) is 0 Å². The molecular formula is C32H45N5O4. The predicted octanol–water partition coefficient (Wildman–Crippen LogP) is 4.03. The Morgan fingerprint density at radius 1 is 1.22 bits per heavy atom. The Kier molecular flexibility index (Phi) is 9.45. The van der Waals surface area contributed by atoms with Crippen LogP contribution in [-0.2, 0) is 27.2 Å². The van der Waals surface area contributed by atoms with Gasteiger partial charge in [0.2, 0.25) is 5.91 Å². The number of ether oxygens (including phenoxy) is 1. The van der Waals surface area contributed by atoms with E-state index in [4.69, 9.17) is 9.72 Å². The number of carboxylic acid groups (broad SMARTS) is 1. The molecule has 3 aliphatic rings. The number of anilines is 2. The van der Waals surface area contributed by atoms with Gasteiger partial charge in [-0.3, -0.25) is 9.59 Å². The van der Waals surface area contributed by atoms with Crippen molar-refractivity contribution in [2.24, 2.45) is 5.92 Å². The summed E-state index contributed by atoms with van der Waals surface area (Å²) in [7, 11) is 0. The van der Waals surface area contributed by atoms with Crippen molar-refractivity contribution >= 4 is 23.4 Å². The van der Waals surface area contributed by atoms with Gasteiger partial charge in [0.05, 0.1) is 30.6 Å². The lowest BCUT2D eigenvalue weighted by atomic mass is 9.95. The number of aromatic nitrogens is 1. The summed E-state index contributed by atoms with van der Waals surface area (Å²) in [6.07, 6.45) is 5.80. The monoisotopic (exact) mass is 563 g/mol. The number of carbonyl (C=O) groups is 2. The molecule has 41 heavy (non-hydrogen) atoms. The fourth-order valence-electron chi connectivity index (χ4n) is 6.36. The average Bonchev–Trinajstić information content (AvgIpc) is 2.96. The number of piperidine rings is 1. The van der Waals surface area contributed by atoms with Crippen molar-refractivity contribution in [2.45, 2.75) is 70.4 Å². The Hall–Kier alpha value is -3.17. The topological polar surface area (TPSA) is 107 Å². The molecule has 0 aliphatic carbocycles. The number of morpholine rings is 1. The van der Waals surface area contributed by atoms with Crippen molar-refractivity contribution in [3.63, 3.8) is 0 Å². The molecule has 222 valence electrons. The molecule has 9 heteroatoms. The van der Waals surface area contributed by atoms with Crippen molar-refractivity contribution in [1.29, 1.82) is 0 Å². The minimum absolute atomic E-state index is 0.0544. The van der Waals surface area contributed by atoms with E-state index in [1.165, 1.54) is 5.56 Å². The summed E-state index contributed by atoms with van der Waals surface area (Å²) in [5.41, 5.74) is 4.02. The highest BCUT2D eigenvalue weighted by molar-refractivity contribution is 5.80. The Balaban J connectivity index is 1.17. The molecule has 3 N–H and O–H groups in total. The van der Waals surface area contributed by atoms with Crippen LogP contribution < -0.4 is 15.5 Å². The summed E-state index contributed by atoms with van der Waals surface area (Å²) in [5.74, 6) is -0.0845. The third-order valence-electron chi connectivity index (χ3n) is 8.49. The maximum Gasteiger partial charge on any atom is 0.305 e. The minimum Gasteiger partial charge on any atom is -0.481 e. The van der Waals surface area contributed by atoms with Crippen molar-refractivity contribution in [1.82, 2.24) is 15.2 Å². The Labute approximate surface area is 243 Å². The number of hydrogen-bond acceptors (Lipinski definition) is 7. The molecule has 0 radical (unpaired) electrons. The van der Waals surface area contributed by atoms with Crippen LogP contribution in [0.15, 0.2) is 36.4 Å². The quantitative estimate of drug-likeness (QED) is 0.398. The number of carboxylic acids is 1. The lowest BCUT2D eigenvalue weighted by Crippen LogP contribution is -2.48. The average molecular weight is 564 g/mol. The van der Waals surface area contributed by atoms with Crippen LogP contribution in [0.25, 0.3) is 0 Å². The number of pyridine rings is 1. The van der Waals surface area contributed by atoms with Gasteiger partial charge < -0.3 is 30.3 Å². The number of likely N-dealkylation sites (tertiary alicyclic amines) is 1. The lowest BCUT2D eigenvalue weighted by molar-refractivity contribution is -0.138. The fourth-order valence-corrected chi connectivity index (χ4v) is 6.36. The van der Waals surface area contributed by atoms with E-state index in [0.717, 1.165) is 94.0 Å². The molecule has 0 bridgehead atoms. The molecule has 2 atom stereocenters. The van der Waals surface area contributed by atoms with Crippen LogP contribution in [-0.4, -0.2) is 78.3 Å². The number of nitrogens with zero attached hydrogens (tertiary/aromatic N) is 3. The van der Waals surface area contributed by atoms with Gasteiger partial charge in [-0.15, -0.1) is 0 Å². The van der Waals surface area contributed by atoms with Crippen molar-refractivity contribution in [3.05, 3.63) is 53.2 Å². The second-order valence-electron chi connectivity index (χ2n) is 12.4. The molecule has 1 aromatic carbocycles. The Morgan fingerprint density at radius 2 is 2.10 bits per heavy atom. The number of aryl methyl sites for hydroxylation is 2. The number of rotatable bonds is 10. The summed E-state index contributed by atoms with van der Waals surface area (Å²) in [6, 6.07) is 11.7. The van der Waals surface area contributed by atoms with Crippen LogP contribution in [0.4, 0.5) is 11.5 Å². The summed E-state index contributed by atoms with van der Waals surface area (Å²) in [4.78, 5) is 34.7. The van der Waals surface area contributed by atoms with Crippen molar-refractivity contribution in [2.75, 3.05) is 56.1 Å². The first-order valence-electron chi connectivity index (χ1n) is 15.2. The molecule has 5 rings (SSSR count). The van der Waals surface area contributed by atoms with E-state index in [-0.39, 0.29) is 23.8 Å². The number of hydrogen-bond donors (Lipinski definition) is 3. The number of fused-ring (bicyclic) bond motifs is 1. The van der Waals surface area contributed by atoms with E-state index in [9.17, 15) is 14.7 Å².